The minimum atomic E-state index is 0.582. The van der Waals surface area contributed by atoms with Gasteiger partial charge in [-0.05, 0) is 76.9 Å². The van der Waals surface area contributed by atoms with Crippen LogP contribution in [0, 0.1) is 0 Å². The van der Waals surface area contributed by atoms with E-state index in [1.807, 2.05) is 36.4 Å². The summed E-state index contributed by atoms with van der Waals surface area (Å²) in [5.74, 6) is 1.26. The Labute approximate surface area is 374 Å². The highest BCUT2D eigenvalue weighted by Gasteiger charge is 2.29. The number of oxazole rings is 1. The predicted octanol–water partition coefficient (Wildman–Crippen LogP) is 14.6. The number of rotatable bonds is 7. The van der Waals surface area contributed by atoms with E-state index in [9.17, 15) is 0 Å². The fraction of sp³-hybridized carbons (Fsp3) is 0. The van der Waals surface area contributed by atoms with Gasteiger partial charge >= 0.3 is 5.95 Å². The van der Waals surface area contributed by atoms with Crippen LogP contribution in [0.3, 0.4) is 0 Å². The number of H-pyrrole nitrogens is 1. The number of aromatic amines is 1. The van der Waals surface area contributed by atoms with E-state index in [2.05, 4.69) is 202 Å². The van der Waals surface area contributed by atoms with Gasteiger partial charge in [0.25, 0.3) is 0 Å². The summed E-state index contributed by atoms with van der Waals surface area (Å²) in [6, 6.07) is 78.9. The topological polar surface area (TPSA) is 62.9 Å². The van der Waals surface area contributed by atoms with Gasteiger partial charge in [-0.1, -0.05) is 169 Å². The zero-order chi connectivity index (χ0) is 42.8. The molecule has 13 rings (SSSR count). The zero-order valence-electron chi connectivity index (χ0n) is 35.1. The zero-order valence-corrected chi connectivity index (χ0v) is 35.1. The highest BCUT2D eigenvalue weighted by molar-refractivity contribution is 6.21. The van der Waals surface area contributed by atoms with Crippen molar-refractivity contribution in [3.8, 4) is 67.9 Å². The molecule has 1 N–H and O–H groups in total. The summed E-state index contributed by atoms with van der Waals surface area (Å²) in [5.41, 5.74) is 16.1. The van der Waals surface area contributed by atoms with Crippen molar-refractivity contribution in [3.63, 3.8) is 0 Å². The molecule has 9 aromatic carbocycles. The Hall–Kier alpha value is -8.87. The van der Waals surface area contributed by atoms with Gasteiger partial charge in [-0.3, -0.25) is 0 Å². The smallest absolute Gasteiger partial charge is 0.402 e. The third-order valence-corrected chi connectivity index (χ3v) is 12.6. The average molecular weight is 833 g/mol. The summed E-state index contributed by atoms with van der Waals surface area (Å²) in [5, 5.41) is 4.36. The Kier molecular flexibility index (Phi) is 8.42. The number of nitrogens with one attached hydrogen (secondary N) is 1. The lowest BCUT2D eigenvalue weighted by molar-refractivity contribution is -0.363. The Balaban J connectivity index is 1.14. The number of aromatic nitrogens is 5. The van der Waals surface area contributed by atoms with Crippen LogP contribution in [0.15, 0.2) is 229 Å². The molecule has 6 nitrogen and oxygen atoms in total. The van der Waals surface area contributed by atoms with E-state index in [0.29, 0.717) is 11.8 Å². The van der Waals surface area contributed by atoms with Crippen molar-refractivity contribution in [2.75, 3.05) is 0 Å². The van der Waals surface area contributed by atoms with Crippen molar-refractivity contribution in [2.24, 2.45) is 0 Å². The summed E-state index contributed by atoms with van der Waals surface area (Å²) in [6.07, 6.45) is 0. The van der Waals surface area contributed by atoms with E-state index in [-0.39, 0.29) is 0 Å². The first-order chi connectivity index (χ1) is 32.2. The molecule has 6 heteroatoms. The van der Waals surface area contributed by atoms with E-state index in [1.54, 1.807) is 0 Å². The molecule has 0 aliphatic heterocycles. The Morgan fingerprint density at radius 3 is 1.72 bits per heavy atom. The second-order valence-corrected chi connectivity index (χ2v) is 16.5. The maximum Gasteiger partial charge on any atom is 0.402 e. The SMILES string of the molecule is c1ccc(-c2cccc(-c3cc(-c4ccccc4)nc(-n4c5ccc6nc(-c7ccccc7)oc6c5c5cccc(-n6c7ccccc7c7cc(-c8ccccc8)ccc76)c54)[nH+]3)c2)cc1. The molecule has 13 aromatic rings. The van der Waals surface area contributed by atoms with Gasteiger partial charge in [0.1, 0.15) is 22.2 Å². The molecule has 0 bridgehead atoms. The molecule has 0 unspecified atom stereocenters. The molecule has 0 radical (unpaired) electrons. The van der Waals surface area contributed by atoms with Crippen molar-refractivity contribution < 1.29 is 9.40 Å². The van der Waals surface area contributed by atoms with E-state index in [0.717, 1.165) is 88.8 Å². The first-order valence-corrected chi connectivity index (χ1v) is 21.9. The van der Waals surface area contributed by atoms with Gasteiger partial charge in [-0.15, -0.1) is 0 Å². The van der Waals surface area contributed by atoms with Crippen molar-refractivity contribution in [1.82, 2.24) is 19.1 Å². The first-order valence-electron chi connectivity index (χ1n) is 21.9. The van der Waals surface area contributed by atoms with Gasteiger partial charge in [0.15, 0.2) is 11.3 Å². The maximum absolute atomic E-state index is 6.83. The van der Waals surface area contributed by atoms with Crippen LogP contribution in [0.4, 0.5) is 0 Å². The standard InChI is InChI=1S/C59H37N5O/c1-5-17-38(18-6-1)42-25-15-26-44(35-42)50-37-49(40-21-9-3-10-22-40)61-59(62-50)64-53-34-32-48-57(65-58(60-48)41-23-11-4-12-24-41)55(53)46-28-16-30-54(56(46)64)63-51-29-14-13-27-45(51)47-36-43(31-33-52(47)63)39-19-7-2-8-20-39/h1-37H/p+1. The molecule has 0 fully saturated rings. The number of hydrogen-bond donors (Lipinski definition) is 0. The van der Waals surface area contributed by atoms with Crippen molar-refractivity contribution in [1.29, 1.82) is 0 Å². The predicted molar refractivity (Wildman–Crippen MR) is 264 cm³/mol. The molecular formula is C59H38N5O+. The lowest BCUT2D eigenvalue weighted by atomic mass is 10.0. The second kappa shape index (κ2) is 14.9. The molecule has 65 heavy (non-hydrogen) atoms. The maximum atomic E-state index is 6.83. The van der Waals surface area contributed by atoms with Gasteiger partial charge in [-0.25, -0.2) is 9.97 Å². The Morgan fingerprint density at radius 1 is 0.385 bits per heavy atom. The van der Waals surface area contributed by atoms with E-state index in [1.165, 1.54) is 21.9 Å². The molecule has 0 saturated heterocycles. The van der Waals surface area contributed by atoms with E-state index >= 15 is 0 Å². The summed E-state index contributed by atoms with van der Waals surface area (Å²) in [4.78, 5) is 14.5. The monoisotopic (exact) mass is 832 g/mol. The molecule has 4 heterocycles. The van der Waals surface area contributed by atoms with E-state index < -0.39 is 0 Å². The van der Waals surface area contributed by atoms with Gasteiger partial charge in [0, 0.05) is 38.9 Å². The minimum Gasteiger partial charge on any atom is -0.435 e. The molecule has 0 aliphatic carbocycles. The van der Waals surface area contributed by atoms with E-state index in [4.69, 9.17) is 14.4 Å². The number of benzene rings is 9. The van der Waals surface area contributed by atoms with Crippen LogP contribution in [0.1, 0.15) is 0 Å². The molecule has 304 valence electrons. The normalized spacial score (nSPS) is 11.7. The van der Waals surface area contributed by atoms with Crippen LogP contribution in [-0.2, 0) is 0 Å². The summed E-state index contributed by atoms with van der Waals surface area (Å²) < 4.78 is 11.5. The molecule has 4 aromatic heterocycles. The van der Waals surface area contributed by atoms with Gasteiger partial charge in [0.2, 0.25) is 5.89 Å². The lowest BCUT2D eigenvalue weighted by Crippen LogP contribution is -2.20. The molecular weight excluding hydrogens is 795 g/mol. The summed E-state index contributed by atoms with van der Waals surface area (Å²) in [6.45, 7) is 0. The Bertz CT molecular complexity index is 3930. The molecule has 0 saturated carbocycles. The van der Waals surface area contributed by atoms with Crippen molar-refractivity contribution in [2.45, 2.75) is 0 Å². The highest BCUT2D eigenvalue weighted by Crippen LogP contribution is 2.43. The third-order valence-electron chi connectivity index (χ3n) is 12.6. The second-order valence-electron chi connectivity index (χ2n) is 16.5. The number of fused-ring (bicyclic) bond motifs is 8. The molecule has 0 atom stereocenters. The quantitative estimate of drug-likeness (QED) is 0.161. The average Bonchev–Trinajstić information content (AvgIpc) is 4.08. The third kappa shape index (κ3) is 6.07. The molecule has 0 spiro atoms. The van der Waals surface area contributed by atoms with Crippen LogP contribution in [0.2, 0.25) is 0 Å². The lowest BCUT2D eigenvalue weighted by Gasteiger charge is -2.12. The fourth-order valence-electron chi connectivity index (χ4n) is 9.65. The molecule has 0 aliphatic rings. The van der Waals surface area contributed by atoms with Crippen molar-refractivity contribution >= 4 is 54.7 Å². The largest absolute Gasteiger partial charge is 0.435 e. The molecule has 0 amide bonds. The van der Waals surface area contributed by atoms with Crippen LogP contribution in [0.25, 0.3) is 123 Å². The van der Waals surface area contributed by atoms with Gasteiger partial charge in [0.05, 0.1) is 22.1 Å². The van der Waals surface area contributed by atoms with Crippen LogP contribution in [0.5, 0.6) is 0 Å². The number of para-hydroxylation sites is 2. The minimum absolute atomic E-state index is 0.582. The van der Waals surface area contributed by atoms with Crippen LogP contribution < -0.4 is 4.98 Å². The Morgan fingerprint density at radius 2 is 0.969 bits per heavy atom. The van der Waals surface area contributed by atoms with Crippen LogP contribution >= 0.6 is 0 Å². The number of nitrogens with zero attached hydrogens (tertiary/aromatic N) is 4. The van der Waals surface area contributed by atoms with Crippen molar-refractivity contribution in [3.05, 3.63) is 224 Å². The van der Waals surface area contributed by atoms with Gasteiger partial charge in [-0.2, -0.15) is 4.57 Å². The summed E-state index contributed by atoms with van der Waals surface area (Å²) >= 11 is 0. The van der Waals surface area contributed by atoms with Crippen LogP contribution in [-0.4, -0.2) is 19.1 Å². The highest BCUT2D eigenvalue weighted by atomic mass is 16.3. The van der Waals surface area contributed by atoms with Gasteiger partial charge < -0.3 is 8.98 Å². The first kappa shape index (κ1) is 36.8. The fourth-order valence-corrected chi connectivity index (χ4v) is 9.65. The number of hydrogen-bond acceptors (Lipinski definition) is 3. The summed E-state index contributed by atoms with van der Waals surface area (Å²) in [7, 11) is 0.